The standard InChI is InChI=1S/C17H19FN2O3S/c1-23-16(21)11-14(15-3-2-10-24-15)20-17(22)19-9-8-12-4-6-13(18)7-5-12/h2-7,10,14H,8-9,11H2,1H3,(H2,19,20,22)/t14-/m1/s1. The van der Waals surface area contributed by atoms with Crippen LogP contribution in [-0.4, -0.2) is 25.7 Å². The van der Waals surface area contributed by atoms with E-state index in [1.807, 2.05) is 17.5 Å². The van der Waals surface area contributed by atoms with Crippen LogP contribution in [0.5, 0.6) is 0 Å². The lowest BCUT2D eigenvalue weighted by molar-refractivity contribution is -0.141. The van der Waals surface area contributed by atoms with Crippen molar-refractivity contribution in [1.29, 1.82) is 0 Å². The zero-order valence-corrected chi connectivity index (χ0v) is 14.1. The quantitative estimate of drug-likeness (QED) is 0.754. The normalized spacial score (nSPS) is 11.6. The maximum absolute atomic E-state index is 12.8. The number of ether oxygens (including phenoxy) is 1. The first-order valence-electron chi connectivity index (χ1n) is 7.47. The number of benzene rings is 1. The molecule has 0 aliphatic heterocycles. The SMILES string of the molecule is COC(=O)C[C@@H](NC(=O)NCCc1ccc(F)cc1)c1cccs1. The highest BCUT2D eigenvalue weighted by molar-refractivity contribution is 7.10. The highest BCUT2D eigenvalue weighted by atomic mass is 32.1. The molecule has 0 unspecified atom stereocenters. The van der Waals surface area contributed by atoms with Gasteiger partial charge in [-0.3, -0.25) is 4.79 Å². The lowest BCUT2D eigenvalue weighted by Crippen LogP contribution is -2.39. The molecule has 2 rings (SSSR count). The zero-order valence-electron chi connectivity index (χ0n) is 13.3. The number of halogens is 1. The molecule has 5 nitrogen and oxygen atoms in total. The summed E-state index contributed by atoms with van der Waals surface area (Å²) in [5.74, 6) is -0.675. The molecule has 1 aromatic carbocycles. The summed E-state index contributed by atoms with van der Waals surface area (Å²) >= 11 is 1.46. The van der Waals surface area contributed by atoms with Gasteiger partial charge in [0.05, 0.1) is 19.6 Å². The number of thiophene rings is 1. The number of methoxy groups -OCH3 is 1. The molecule has 1 heterocycles. The smallest absolute Gasteiger partial charge is 0.315 e. The number of nitrogens with one attached hydrogen (secondary N) is 2. The molecule has 2 aromatic rings. The van der Waals surface area contributed by atoms with E-state index >= 15 is 0 Å². The van der Waals surface area contributed by atoms with Gasteiger partial charge in [-0.1, -0.05) is 18.2 Å². The molecule has 0 aliphatic rings. The fraction of sp³-hybridized carbons (Fsp3) is 0.294. The van der Waals surface area contributed by atoms with Gasteiger partial charge in [-0.2, -0.15) is 0 Å². The van der Waals surface area contributed by atoms with Crippen LogP contribution in [0.2, 0.25) is 0 Å². The third kappa shape index (κ3) is 5.66. The van der Waals surface area contributed by atoms with E-state index in [-0.39, 0.29) is 24.2 Å². The molecule has 1 atom stereocenters. The number of esters is 1. The summed E-state index contributed by atoms with van der Waals surface area (Å²) in [7, 11) is 1.32. The van der Waals surface area contributed by atoms with Gasteiger partial charge in [0.2, 0.25) is 0 Å². The minimum atomic E-state index is -0.428. The van der Waals surface area contributed by atoms with E-state index in [0.717, 1.165) is 10.4 Å². The van der Waals surface area contributed by atoms with E-state index < -0.39 is 6.04 Å². The summed E-state index contributed by atoms with van der Waals surface area (Å²) < 4.78 is 17.5. The van der Waals surface area contributed by atoms with Gasteiger partial charge >= 0.3 is 12.0 Å². The predicted molar refractivity (Wildman–Crippen MR) is 90.3 cm³/mol. The van der Waals surface area contributed by atoms with Crippen LogP contribution < -0.4 is 10.6 Å². The molecule has 2 amide bonds. The lowest BCUT2D eigenvalue weighted by Gasteiger charge is -2.17. The van der Waals surface area contributed by atoms with Crippen molar-refractivity contribution in [1.82, 2.24) is 10.6 Å². The summed E-state index contributed by atoms with van der Waals surface area (Å²) in [5, 5.41) is 7.40. The van der Waals surface area contributed by atoms with Crippen LogP contribution in [0, 0.1) is 5.82 Å². The molecule has 0 radical (unpaired) electrons. The number of carbonyl (C=O) groups is 2. The Balaban J connectivity index is 1.83. The Kier molecular flexibility index (Phi) is 6.74. The second-order valence-corrected chi connectivity index (χ2v) is 6.10. The van der Waals surface area contributed by atoms with Crippen LogP contribution in [0.15, 0.2) is 41.8 Å². The first-order valence-corrected chi connectivity index (χ1v) is 8.35. The average molecular weight is 350 g/mol. The molecule has 0 spiro atoms. The Morgan fingerprint density at radius 2 is 2.00 bits per heavy atom. The molecule has 0 bridgehead atoms. The van der Waals surface area contributed by atoms with Gasteiger partial charge < -0.3 is 15.4 Å². The number of amides is 2. The third-order valence-corrected chi connectivity index (χ3v) is 4.39. The van der Waals surface area contributed by atoms with Gasteiger partial charge in [0.1, 0.15) is 5.82 Å². The Hall–Kier alpha value is -2.41. The van der Waals surface area contributed by atoms with Crippen LogP contribution in [0.4, 0.5) is 9.18 Å². The largest absolute Gasteiger partial charge is 0.469 e. The Labute approximate surface area is 143 Å². The van der Waals surface area contributed by atoms with E-state index in [2.05, 4.69) is 15.4 Å². The van der Waals surface area contributed by atoms with Gasteiger partial charge in [0, 0.05) is 11.4 Å². The van der Waals surface area contributed by atoms with Crippen molar-refractivity contribution in [3.63, 3.8) is 0 Å². The molecule has 7 heteroatoms. The molecule has 24 heavy (non-hydrogen) atoms. The number of rotatable bonds is 7. The van der Waals surface area contributed by atoms with E-state index in [1.165, 1.54) is 30.6 Å². The van der Waals surface area contributed by atoms with Crippen molar-refractivity contribution in [2.75, 3.05) is 13.7 Å². The molecule has 0 saturated carbocycles. The summed E-state index contributed by atoms with van der Waals surface area (Å²) in [6, 6.07) is 9.07. The van der Waals surface area contributed by atoms with Crippen LogP contribution in [0.3, 0.4) is 0 Å². The third-order valence-electron chi connectivity index (χ3n) is 3.40. The highest BCUT2D eigenvalue weighted by Gasteiger charge is 2.19. The molecule has 0 fully saturated rings. The van der Waals surface area contributed by atoms with E-state index in [4.69, 9.17) is 0 Å². The monoisotopic (exact) mass is 350 g/mol. The van der Waals surface area contributed by atoms with E-state index in [1.54, 1.807) is 12.1 Å². The zero-order chi connectivity index (χ0) is 17.4. The number of hydrogen-bond donors (Lipinski definition) is 2. The second kappa shape index (κ2) is 9.02. The second-order valence-electron chi connectivity index (χ2n) is 5.12. The van der Waals surface area contributed by atoms with Gasteiger partial charge in [-0.05, 0) is 35.6 Å². The summed E-state index contributed by atoms with van der Waals surface area (Å²) in [4.78, 5) is 24.4. The van der Waals surface area contributed by atoms with Gasteiger partial charge in [0.15, 0.2) is 0 Å². The van der Waals surface area contributed by atoms with Crippen LogP contribution in [-0.2, 0) is 16.0 Å². The molecular formula is C17H19FN2O3S. The summed E-state index contributed by atoms with van der Waals surface area (Å²) in [5.41, 5.74) is 0.932. The Morgan fingerprint density at radius 3 is 2.62 bits per heavy atom. The highest BCUT2D eigenvalue weighted by Crippen LogP contribution is 2.22. The van der Waals surface area contributed by atoms with Crippen LogP contribution >= 0.6 is 11.3 Å². The number of hydrogen-bond acceptors (Lipinski definition) is 4. The Morgan fingerprint density at radius 1 is 1.25 bits per heavy atom. The first kappa shape index (κ1) is 17.9. The van der Waals surface area contributed by atoms with Crippen molar-refractivity contribution < 1.29 is 18.7 Å². The minimum Gasteiger partial charge on any atom is -0.469 e. The average Bonchev–Trinajstić information content (AvgIpc) is 3.10. The fourth-order valence-electron chi connectivity index (χ4n) is 2.14. The number of carbonyl (C=O) groups excluding carboxylic acids is 2. The van der Waals surface area contributed by atoms with Crippen LogP contribution in [0.25, 0.3) is 0 Å². The van der Waals surface area contributed by atoms with Crippen LogP contribution in [0.1, 0.15) is 22.9 Å². The minimum absolute atomic E-state index is 0.0718. The summed E-state index contributed by atoms with van der Waals surface area (Å²) in [6.07, 6.45) is 0.663. The summed E-state index contributed by atoms with van der Waals surface area (Å²) in [6.45, 7) is 0.410. The molecule has 128 valence electrons. The van der Waals surface area contributed by atoms with Crippen molar-refractivity contribution >= 4 is 23.3 Å². The van der Waals surface area contributed by atoms with E-state index in [0.29, 0.717) is 13.0 Å². The van der Waals surface area contributed by atoms with Gasteiger partial charge in [-0.25, -0.2) is 9.18 Å². The van der Waals surface area contributed by atoms with Gasteiger partial charge in [-0.15, -0.1) is 11.3 Å². The lowest BCUT2D eigenvalue weighted by atomic mass is 10.1. The molecule has 0 saturated heterocycles. The molecular weight excluding hydrogens is 331 g/mol. The van der Waals surface area contributed by atoms with Crippen molar-refractivity contribution in [2.45, 2.75) is 18.9 Å². The topological polar surface area (TPSA) is 67.4 Å². The Bertz CT molecular complexity index is 659. The maximum Gasteiger partial charge on any atom is 0.315 e. The van der Waals surface area contributed by atoms with Gasteiger partial charge in [0.25, 0.3) is 0 Å². The predicted octanol–water partition coefficient (Wildman–Crippen LogP) is 3.03. The van der Waals surface area contributed by atoms with E-state index in [9.17, 15) is 14.0 Å². The van der Waals surface area contributed by atoms with Crippen molar-refractivity contribution in [2.24, 2.45) is 0 Å². The first-order chi connectivity index (χ1) is 11.6. The van der Waals surface area contributed by atoms with Crippen molar-refractivity contribution in [3.8, 4) is 0 Å². The fourth-order valence-corrected chi connectivity index (χ4v) is 2.92. The maximum atomic E-state index is 12.8. The molecule has 1 aromatic heterocycles. The van der Waals surface area contributed by atoms with Crippen molar-refractivity contribution in [3.05, 3.63) is 58.0 Å². The molecule has 0 aliphatic carbocycles. The molecule has 2 N–H and O–H groups in total. The number of urea groups is 1.